The largest absolute Gasteiger partial charge is 0.330 e. The summed E-state index contributed by atoms with van der Waals surface area (Å²) in [5.41, 5.74) is 10.9. The van der Waals surface area contributed by atoms with Gasteiger partial charge in [-0.1, -0.05) is 64.2 Å². The fourth-order valence-electron chi connectivity index (χ4n) is 2.06. The van der Waals surface area contributed by atoms with E-state index < -0.39 is 0 Å². The second kappa shape index (κ2) is 22.7. The lowest BCUT2D eigenvalue weighted by atomic mass is 10.1. The maximum Gasteiger partial charge on any atom is -0.00773 e. The van der Waals surface area contributed by atoms with E-state index in [0.29, 0.717) is 0 Å². The molecule has 0 fully saturated rings. The van der Waals surface area contributed by atoms with Crippen LogP contribution in [0.25, 0.3) is 0 Å². The minimum absolute atomic E-state index is 0. The normalized spacial score (nSPS) is 9.67. The van der Waals surface area contributed by atoms with Gasteiger partial charge in [0, 0.05) is 0 Å². The third kappa shape index (κ3) is 21.8. The summed E-state index contributed by atoms with van der Waals surface area (Å²) in [5.74, 6) is 0. The SMILES string of the molecule is Cl.Cl.NCCCCCCCCCCCCCCN. The number of halogens is 2. The zero-order chi connectivity index (χ0) is 11.9. The van der Waals surface area contributed by atoms with Gasteiger partial charge >= 0.3 is 0 Å². The highest BCUT2D eigenvalue weighted by Gasteiger charge is 1.92. The van der Waals surface area contributed by atoms with Crippen molar-refractivity contribution in [3.05, 3.63) is 0 Å². The number of nitrogens with two attached hydrogens (primary N) is 2. The molecule has 114 valence electrons. The smallest absolute Gasteiger partial charge is 0.00773 e. The Morgan fingerprint density at radius 1 is 0.333 bits per heavy atom. The molecule has 2 nitrogen and oxygen atoms in total. The van der Waals surface area contributed by atoms with Gasteiger partial charge in [-0.2, -0.15) is 0 Å². The van der Waals surface area contributed by atoms with Gasteiger partial charge in [-0.15, -0.1) is 24.8 Å². The molecule has 0 radical (unpaired) electrons. The summed E-state index contributed by atoms with van der Waals surface area (Å²) < 4.78 is 0. The van der Waals surface area contributed by atoms with E-state index >= 15 is 0 Å². The van der Waals surface area contributed by atoms with E-state index in [1.807, 2.05) is 0 Å². The van der Waals surface area contributed by atoms with Gasteiger partial charge in [0.1, 0.15) is 0 Å². The number of hydrogen-bond donors (Lipinski definition) is 2. The van der Waals surface area contributed by atoms with E-state index in [0.717, 1.165) is 13.1 Å². The molecule has 0 saturated heterocycles. The number of hydrogen-bond acceptors (Lipinski definition) is 2. The highest BCUT2D eigenvalue weighted by Crippen LogP contribution is 2.11. The lowest BCUT2D eigenvalue weighted by molar-refractivity contribution is 0.543. The Balaban J connectivity index is -0.00000112. The zero-order valence-corrected chi connectivity index (χ0v) is 13.5. The van der Waals surface area contributed by atoms with Crippen LogP contribution in [0.5, 0.6) is 0 Å². The summed E-state index contributed by atoms with van der Waals surface area (Å²) in [6.45, 7) is 1.73. The van der Waals surface area contributed by atoms with E-state index in [4.69, 9.17) is 11.5 Å². The molecule has 0 saturated carbocycles. The monoisotopic (exact) mass is 300 g/mol. The van der Waals surface area contributed by atoms with Crippen molar-refractivity contribution in [2.24, 2.45) is 11.5 Å². The first-order chi connectivity index (χ1) is 7.91. The van der Waals surface area contributed by atoms with Crippen LogP contribution in [0.15, 0.2) is 0 Å². The summed E-state index contributed by atoms with van der Waals surface area (Å²) >= 11 is 0. The molecule has 0 heterocycles. The molecular weight excluding hydrogens is 267 g/mol. The molecule has 0 spiro atoms. The van der Waals surface area contributed by atoms with Crippen LogP contribution < -0.4 is 11.5 Å². The highest BCUT2D eigenvalue weighted by atomic mass is 35.5. The predicted octanol–water partition coefficient (Wildman–Crippen LogP) is 4.43. The van der Waals surface area contributed by atoms with Gasteiger partial charge in [0.25, 0.3) is 0 Å². The minimum atomic E-state index is 0. The van der Waals surface area contributed by atoms with Crippen LogP contribution in [0.4, 0.5) is 0 Å². The lowest BCUT2D eigenvalue weighted by Gasteiger charge is -2.02. The van der Waals surface area contributed by atoms with E-state index in [2.05, 4.69) is 0 Å². The number of unbranched alkanes of at least 4 members (excludes halogenated alkanes) is 11. The minimum Gasteiger partial charge on any atom is -0.330 e. The molecule has 0 aromatic carbocycles. The molecule has 0 atom stereocenters. The summed E-state index contributed by atoms with van der Waals surface area (Å²) in [7, 11) is 0. The van der Waals surface area contributed by atoms with Crippen molar-refractivity contribution >= 4 is 24.8 Å². The van der Waals surface area contributed by atoms with Gasteiger partial charge in [-0.25, -0.2) is 0 Å². The third-order valence-electron chi connectivity index (χ3n) is 3.16. The zero-order valence-electron chi connectivity index (χ0n) is 11.9. The molecule has 0 amide bonds. The summed E-state index contributed by atoms with van der Waals surface area (Å²) in [6, 6.07) is 0. The molecule has 4 heteroatoms. The lowest BCUT2D eigenvalue weighted by Crippen LogP contribution is -1.97. The Bertz CT molecular complexity index is 110. The second-order valence-electron chi connectivity index (χ2n) is 4.82. The van der Waals surface area contributed by atoms with Crippen LogP contribution in [-0.4, -0.2) is 13.1 Å². The molecule has 0 unspecified atom stereocenters. The van der Waals surface area contributed by atoms with Gasteiger partial charge in [0.05, 0.1) is 0 Å². The molecule has 18 heavy (non-hydrogen) atoms. The van der Waals surface area contributed by atoms with Crippen molar-refractivity contribution in [3.63, 3.8) is 0 Å². The van der Waals surface area contributed by atoms with Crippen LogP contribution in [0.1, 0.15) is 77.0 Å². The van der Waals surface area contributed by atoms with Crippen molar-refractivity contribution in [1.29, 1.82) is 0 Å². The topological polar surface area (TPSA) is 52.0 Å². The summed E-state index contributed by atoms with van der Waals surface area (Å²) in [4.78, 5) is 0. The van der Waals surface area contributed by atoms with Gasteiger partial charge < -0.3 is 11.5 Å². The Labute approximate surface area is 126 Å². The molecule has 0 rings (SSSR count). The van der Waals surface area contributed by atoms with Gasteiger partial charge in [0.15, 0.2) is 0 Å². The molecule has 4 N–H and O–H groups in total. The van der Waals surface area contributed by atoms with Crippen molar-refractivity contribution in [1.82, 2.24) is 0 Å². The van der Waals surface area contributed by atoms with Crippen LogP contribution >= 0.6 is 24.8 Å². The second-order valence-corrected chi connectivity index (χ2v) is 4.82. The van der Waals surface area contributed by atoms with Crippen molar-refractivity contribution in [3.8, 4) is 0 Å². The summed E-state index contributed by atoms with van der Waals surface area (Å²) in [5, 5.41) is 0. The fraction of sp³-hybridized carbons (Fsp3) is 1.00. The first-order valence-corrected chi connectivity index (χ1v) is 7.32. The van der Waals surface area contributed by atoms with Crippen molar-refractivity contribution in [2.45, 2.75) is 77.0 Å². The van der Waals surface area contributed by atoms with E-state index in [1.54, 1.807) is 0 Å². The molecular formula is C14H34Cl2N2. The molecule has 0 bridgehead atoms. The Kier molecular flexibility index (Phi) is 29.7. The maximum absolute atomic E-state index is 5.45. The average Bonchev–Trinajstić information content (AvgIpc) is 2.31. The third-order valence-corrected chi connectivity index (χ3v) is 3.16. The molecule has 0 aliphatic carbocycles. The summed E-state index contributed by atoms with van der Waals surface area (Å²) in [6.07, 6.45) is 16.4. The first kappa shape index (κ1) is 23.6. The standard InChI is InChI=1S/C14H32N2.2ClH/c15-13-11-9-7-5-3-1-2-4-6-8-10-12-14-16;;/h1-16H2;2*1H. The van der Waals surface area contributed by atoms with Crippen LogP contribution in [-0.2, 0) is 0 Å². The first-order valence-electron chi connectivity index (χ1n) is 7.32. The van der Waals surface area contributed by atoms with Crippen LogP contribution in [0, 0.1) is 0 Å². The van der Waals surface area contributed by atoms with Crippen molar-refractivity contribution in [2.75, 3.05) is 13.1 Å². The van der Waals surface area contributed by atoms with Crippen molar-refractivity contribution < 1.29 is 0 Å². The maximum atomic E-state index is 5.45. The van der Waals surface area contributed by atoms with Crippen LogP contribution in [0.3, 0.4) is 0 Å². The molecule has 0 aromatic heterocycles. The predicted molar refractivity (Wildman–Crippen MR) is 88.0 cm³/mol. The number of rotatable bonds is 13. The van der Waals surface area contributed by atoms with Gasteiger partial charge in [-0.3, -0.25) is 0 Å². The molecule has 0 aliphatic heterocycles. The highest BCUT2D eigenvalue weighted by molar-refractivity contribution is 5.85. The van der Waals surface area contributed by atoms with E-state index in [-0.39, 0.29) is 24.8 Å². The van der Waals surface area contributed by atoms with E-state index in [9.17, 15) is 0 Å². The van der Waals surface area contributed by atoms with Crippen LogP contribution in [0.2, 0.25) is 0 Å². The molecule has 0 aromatic rings. The van der Waals surface area contributed by atoms with Gasteiger partial charge in [0.2, 0.25) is 0 Å². The Morgan fingerprint density at radius 3 is 0.667 bits per heavy atom. The van der Waals surface area contributed by atoms with Gasteiger partial charge in [-0.05, 0) is 25.9 Å². The quantitative estimate of drug-likeness (QED) is 0.494. The average molecular weight is 301 g/mol. The Hall–Kier alpha value is 0.500. The molecule has 0 aliphatic rings. The van der Waals surface area contributed by atoms with E-state index in [1.165, 1.54) is 77.0 Å². The Morgan fingerprint density at radius 2 is 0.500 bits per heavy atom. The fourth-order valence-corrected chi connectivity index (χ4v) is 2.06.